The molecule has 4 rings (SSSR count). The van der Waals surface area contributed by atoms with Crippen molar-refractivity contribution < 1.29 is 9.26 Å². The van der Waals surface area contributed by atoms with Crippen molar-refractivity contribution in [1.29, 1.82) is 0 Å². The van der Waals surface area contributed by atoms with Crippen LogP contribution >= 0.6 is 11.6 Å². The van der Waals surface area contributed by atoms with Gasteiger partial charge in [0.1, 0.15) is 17.3 Å². The Bertz CT molecular complexity index is 1060. The fraction of sp³-hybridized carbons (Fsp3) is 0.435. The second-order valence-corrected chi connectivity index (χ2v) is 8.24. The second-order valence-electron chi connectivity index (χ2n) is 7.83. The van der Waals surface area contributed by atoms with E-state index in [-0.39, 0.29) is 0 Å². The van der Waals surface area contributed by atoms with Crippen molar-refractivity contribution >= 4 is 17.4 Å². The average molecular weight is 442 g/mol. The van der Waals surface area contributed by atoms with E-state index in [4.69, 9.17) is 30.8 Å². The minimum atomic E-state index is 0.577. The Labute approximate surface area is 187 Å². The molecule has 1 saturated heterocycles. The summed E-state index contributed by atoms with van der Waals surface area (Å²) in [5.74, 6) is 3.01. The number of benzene rings is 1. The van der Waals surface area contributed by atoms with Crippen molar-refractivity contribution in [2.75, 3.05) is 38.2 Å². The van der Waals surface area contributed by atoms with Crippen LogP contribution in [0.2, 0.25) is 5.02 Å². The Hall–Kier alpha value is -2.64. The molecule has 1 aliphatic heterocycles. The predicted molar refractivity (Wildman–Crippen MR) is 123 cm³/mol. The topological polar surface area (TPSA) is 76.3 Å². The van der Waals surface area contributed by atoms with Gasteiger partial charge in [0.2, 0.25) is 0 Å². The predicted octanol–water partition coefficient (Wildman–Crippen LogP) is 4.58. The molecule has 0 bridgehead atoms. The molecule has 1 fully saturated rings. The summed E-state index contributed by atoms with van der Waals surface area (Å²) in [6, 6.07) is 5.64. The Morgan fingerprint density at radius 3 is 2.65 bits per heavy atom. The molecule has 2 aromatic heterocycles. The average Bonchev–Trinajstić information content (AvgIpc) is 3.05. The molecule has 0 amide bonds. The minimum Gasteiger partial charge on any atom is -0.494 e. The van der Waals surface area contributed by atoms with E-state index in [0.717, 1.165) is 77.9 Å². The first-order valence-corrected chi connectivity index (χ1v) is 11.0. The summed E-state index contributed by atoms with van der Waals surface area (Å²) < 4.78 is 11.3. The number of halogens is 1. The van der Waals surface area contributed by atoms with Crippen LogP contribution in [0.1, 0.15) is 29.9 Å². The Morgan fingerprint density at radius 2 is 2.00 bits per heavy atom. The number of nitrogens with zero attached hydrogens (tertiary/aromatic N) is 4. The number of aromatic nitrogens is 3. The van der Waals surface area contributed by atoms with E-state index in [0.29, 0.717) is 17.5 Å². The molecule has 0 saturated carbocycles. The summed E-state index contributed by atoms with van der Waals surface area (Å²) in [5, 5.41) is 7.84. The summed E-state index contributed by atoms with van der Waals surface area (Å²) in [7, 11) is 1.93. The number of anilines is 1. The molecule has 3 heterocycles. The summed E-state index contributed by atoms with van der Waals surface area (Å²) in [6.45, 7) is 9.40. The Kier molecular flexibility index (Phi) is 6.43. The highest BCUT2D eigenvalue weighted by Crippen LogP contribution is 2.37. The lowest BCUT2D eigenvalue weighted by molar-refractivity contribution is 0.310. The van der Waals surface area contributed by atoms with Gasteiger partial charge in [-0.05, 0) is 65.4 Å². The molecule has 1 aromatic carbocycles. The quantitative estimate of drug-likeness (QED) is 0.513. The highest BCUT2D eigenvalue weighted by Gasteiger charge is 2.25. The lowest BCUT2D eigenvalue weighted by Crippen LogP contribution is -2.38. The lowest BCUT2D eigenvalue weighted by Gasteiger charge is -2.33. The Morgan fingerprint density at radius 1 is 1.19 bits per heavy atom. The van der Waals surface area contributed by atoms with Gasteiger partial charge in [0.05, 0.1) is 28.6 Å². The van der Waals surface area contributed by atoms with E-state index >= 15 is 0 Å². The van der Waals surface area contributed by atoms with Crippen molar-refractivity contribution in [2.45, 2.75) is 33.6 Å². The van der Waals surface area contributed by atoms with Crippen LogP contribution in [0.3, 0.4) is 0 Å². The molecule has 31 heavy (non-hydrogen) atoms. The van der Waals surface area contributed by atoms with Gasteiger partial charge >= 0.3 is 0 Å². The van der Waals surface area contributed by atoms with E-state index < -0.39 is 0 Å². The van der Waals surface area contributed by atoms with E-state index in [1.54, 1.807) is 0 Å². The van der Waals surface area contributed by atoms with E-state index in [2.05, 4.69) is 22.3 Å². The molecule has 164 valence electrons. The summed E-state index contributed by atoms with van der Waals surface area (Å²) in [5.41, 5.74) is 4.33. The van der Waals surface area contributed by atoms with Crippen molar-refractivity contribution in [1.82, 2.24) is 20.4 Å². The maximum absolute atomic E-state index is 6.58. The van der Waals surface area contributed by atoms with Crippen LogP contribution in [0, 0.1) is 20.8 Å². The van der Waals surface area contributed by atoms with Crippen LogP contribution in [0.5, 0.6) is 5.75 Å². The standard InChI is InChI=1S/C23H28ClN5O2/c1-14-21(20-15(2)28-31-16(20)3)26-22(27-23(14)29-10-6-11-29)18-13-17(7-8-19(18)24)30-12-5-9-25-4/h7-8,13,25H,5-6,9-12H2,1-4H3. The van der Waals surface area contributed by atoms with Crippen molar-refractivity contribution in [3.8, 4) is 28.4 Å². The maximum Gasteiger partial charge on any atom is 0.163 e. The second kappa shape index (κ2) is 9.24. The summed E-state index contributed by atoms with van der Waals surface area (Å²) >= 11 is 6.58. The fourth-order valence-corrected chi connectivity index (χ4v) is 3.93. The van der Waals surface area contributed by atoms with Crippen LogP contribution < -0.4 is 15.0 Å². The van der Waals surface area contributed by atoms with Gasteiger partial charge in [-0.3, -0.25) is 0 Å². The van der Waals surface area contributed by atoms with Gasteiger partial charge in [-0.15, -0.1) is 0 Å². The summed E-state index contributed by atoms with van der Waals surface area (Å²) in [6.07, 6.45) is 2.08. The third-order valence-corrected chi connectivity index (χ3v) is 5.89. The highest BCUT2D eigenvalue weighted by molar-refractivity contribution is 6.33. The lowest BCUT2D eigenvalue weighted by atomic mass is 10.0. The van der Waals surface area contributed by atoms with Gasteiger partial charge in [0.15, 0.2) is 5.82 Å². The van der Waals surface area contributed by atoms with Gasteiger partial charge in [-0.2, -0.15) is 0 Å². The fourth-order valence-electron chi connectivity index (χ4n) is 3.73. The van der Waals surface area contributed by atoms with Crippen molar-refractivity contribution in [2.24, 2.45) is 0 Å². The summed E-state index contributed by atoms with van der Waals surface area (Å²) in [4.78, 5) is 12.1. The van der Waals surface area contributed by atoms with Crippen LogP contribution in [0.25, 0.3) is 22.6 Å². The number of nitrogens with one attached hydrogen (secondary N) is 1. The Balaban J connectivity index is 1.79. The number of hydrogen-bond donors (Lipinski definition) is 1. The molecule has 0 atom stereocenters. The molecule has 7 nitrogen and oxygen atoms in total. The number of ether oxygens (including phenoxy) is 1. The molecule has 0 radical (unpaired) electrons. The molecule has 0 aliphatic carbocycles. The molecule has 0 spiro atoms. The monoisotopic (exact) mass is 441 g/mol. The maximum atomic E-state index is 6.58. The minimum absolute atomic E-state index is 0.577. The number of aryl methyl sites for hydroxylation is 2. The smallest absolute Gasteiger partial charge is 0.163 e. The normalized spacial score (nSPS) is 13.4. The van der Waals surface area contributed by atoms with Crippen LogP contribution in [0.4, 0.5) is 5.82 Å². The highest BCUT2D eigenvalue weighted by atomic mass is 35.5. The van der Waals surface area contributed by atoms with Crippen LogP contribution in [-0.4, -0.2) is 48.4 Å². The zero-order valence-corrected chi connectivity index (χ0v) is 19.2. The van der Waals surface area contributed by atoms with E-state index in [9.17, 15) is 0 Å². The van der Waals surface area contributed by atoms with E-state index in [1.807, 2.05) is 39.1 Å². The largest absolute Gasteiger partial charge is 0.494 e. The molecule has 0 unspecified atom stereocenters. The molecule has 3 aromatic rings. The van der Waals surface area contributed by atoms with Crippen molar-refractivity contribution in [3.05, 3.63) is 40.2 Å². The van der Waals surface area contributed by atoms with Crippen LogP contribution in [0.15, 0.2) is 22.7 Å². The molecular formula is C23H28ClN5O2. The first kappa shape index (κ1) is 21.6. The molecule has 1 N–H and O–H groups in total. The number of rotatable bonds is 8. The molecule has 1 aliphatic rings. The van der Waals surface area contributed by atoms with Gasteiger partial charge in [-0.1, -0.05) is 16.8 Å². The molecule has 8 heteroatoms. The van der Waals surface area contributed by atoms with Gasteiger partial charge in [-0.25, -0.2) is 9.97 Å². The van der Waals surface area contributed by atoms with Crippen LogP contribution in [-0.2, 0) is 0 Å². The number of hydrogen-bond acceptors (Lipinski definition) is 7. The zero-order valence-electron chi connectivity index (χ0n) is 18.5. The third-order valence-electron chi connectivity index (χ3n) is 5.56. The third kappa shape index (κ3) is 4.38. The van der Waals surface area contributed by atoms with Gasteiger partial charge < -0.3 is 19.5 Å². The first-order valence-electron chi connectivity index (χ1n) is 10.6. The van der Waals surface area contributed by atoms with E-state index in [1.165, 1.54) is 0 Å². The van der Waals surface area contributed by atoms with Crippen molar-refractivity contribution in [3.63, 3.8) is 0 Å². The zero-order chi connectivity index (χ0) is 22.0. The van der Waals surface area contributed by atoms with Gasteiger partial charge in [0.25, 0.3) is 0 Å². The SMILES string of the molecule is CNCCCOc1ccc(Cl)c(-c2nc(-c3c(C)noc3C)c(C)c(N3CCC3)n2)c1. The molecular weight excluding hydrogens is 414 g/mol. The van der Waals surface area contributed by atoms with Gasteiger partial charge in [0, 0.05) is 24.2 Å². The first-order chi connectivity index (χ1) is 15.0.